The van der Waals surface area contributed by atoms with E-state index in [2.05, 4.69) is 6.92 Å². The molecule has 0 N–H and O–H groups in total. The number of unbranched alkanes of at least 4 members (excludes halogenated alkanes) is 11. The van der Waals surface area contributed by atoms with Crippen LogP contribution in [-0.2, 0) is 9.05 Å². The third-order valence-corrected chi connectivity index (χ3v) is 4.48. The van der Waals surface area contributed by atoms with Crippen molar-refractivity contribution in [3.63, 3.8) is 0 Å². The number of hydrogen-bond donors (Lipinski definition) is 0. The van der Waals surface area contributed by atoms with Gasteiger partial charge in [-0.15, -0.1) is 0 Å². The molecular weight excluding hydrogens is 268 g/mol. The first kappa shape index (κ1) is 18.2. The van der Waals surface area contributed by atoms with Crippen LogP contribution in [0.5, 0.6) is 0 Å². The zero-order valence-electron chi connectivity index (χ0n) is 11.8. The lowest BCUT2D eigenvalue weighted by Gasteiger charge is -2.02. The highest BCUT2D eigenvalue weighted by molar-refractivity contribution is 8.13. The van der Waals surface area contributed by atoms with Crippen LogP contribution in [0.2, 0.25) is 0 Å². The SMILES string of the molecule is CCCCCCCCCCCCCCS(=O)(=O)Cl. The van der Waals surface area contributed by atoms with E-state index in [0.29, 0.717) is 6.42 Å². The van der Waals surface area contributed by atoms with Crippen LogP contribution in [-0.4, -0.2) is 14.2 Å². The maximum absolute atomic E-state index is 10.7. The molecule has 0 saturated carbocycles. The number of halogens is 1. The third-order valence-electron chi connectivity index (χ3n) is 3.24. The summed E-state index contributed by atoms with van der Waals surface area (Å²) in [5, 5.41) is 0. The largest absolute Gasteiger partial charge is 0.232 e. The Morgan fingerprint density at radius 2 is 1.00 bits per heavy atom. The Hall–Kier alpha value is 0.240. The third kappa shape index (κ3) is 16.2. The predicted octanol–water partition coefficient (Wildman–Crippen LogP) is 5.26. The highest BCUT2D eigenvalue weighted by Gasteiger charge is 2.03. The Bertz CT molecular complexity index is 263. The minimum atomic E-state index is -3.26. The second-order valence-electron chi connectivity index (χ2n) is 5.13. The van der Waals surface area contributed by atoms with Crippen LogP contribution in [0.25, 0.3) is 0 Å². The molecule has 0 fully saturated rings. The molecule has 0 aromatic heterocycles. The average Bonchev–Trinajstić information content (AvgIpc) is 2.29. The van der Waals surface area contributed by atoms with Crippen molar-refractivity contribution in [2.75, 3.05) is 5.75 Å². The van der Waals surface area contributed by atoms with Gasteiger partial charge in [-0.05, 0) is 6.42 Å². The highest BCUT2D eigenvalue weighted by Crippen LogP contribution is 2.12. The summed E-state index contributed by atoms with van der Waals surface area (Å²) in [6.07, 6.45) is 14.9. The van der Waals surface area contributed by atoms with E-state index in [1.165, 1.54) is 57.8 Å². The van der Waals surface area contributed by atoms with E-state index < -0.39 is 9.05 Å². The van der Waals surface area contributed by atoms with Crippen molar-refractivity contribution in [3.8, 4) is 0 Å². The van der Waals surface area contributed by atoms with Gasteiger partial charge in [0.15, 0.2) is 0 Å². The molecule has 0 saturated heterocycles. The molecule has 0 amide bonds. The van der Waals surface area contributed by atoms with Crippen molar-refractivity contribution in [3.05, 3.63) is 0 Å². The summed E-state index contributed by atoms with van der Waals surface area (Å²) in [5.41, 5.74) is 0. The molecule has 2 nitrogen and oxygen atoms in total. The normalized spacial score (nSPS) is 11.9. The molecule has 0 heterocycles. The van der Waals surface area contributed by atoms with E-state index in [1.54, 1.807) is 0 Å². The molecule has 0 bridgehead atoms. The number of rotatable bonds is 13. The zero-order valence-corrected chi connectivity index (χ0v) is 13.4. The summed E-state index contributed by atoms with van der Waals surface area (Å²) < 4.78 is 21.4. The Morgan fingerprint density at radius 1 is 0.667 bits per heavy atom. The Kier molecular flexibility index (Phi) is 12.4. The molecule has 18 heavy (non-hydrogen) atoms. The van der Waals surface area contributed by atoms with Gasteiger partial charge >= 0.3 is 0 Å². The minimum Gasteiger partial charge on any atom is -0.212 e. The molecule has 0 aliphatic rings. The van der Waals surface area contributed by atoms with Crippen LogP contribution < -0.4 is 0 Å². The maximum Gasteiger partial charge on any atom is 0.232 e. The van der Waals surface area contributed by atoms with Crippen LogP contribution in [0.15, 0.2) is 0 Å². The first-order chi connectivity index (χ1) is 8.56. The summed E-state index contributed by atoms with van der Waals surface area (Å²) in [4.78, 5) is 0. The molecule has 0 aromatic carbocycles. The standard InChI is InChI=1S/C14H29ClO2S/c1-2-3-4-5-6-7-8-9-10-11-12-13-14-18(15,16)17/h2-14H2,1H3. The minimum absolute atomic E-state index is 0.131. The summed E-state index contributed by atoms with van der Waals surface area (Å²) in [7, 11) is 1.87. The van der Waals surface area contributed by atoms with Gasteiger partial charge in [0.05, 0.1) is 5.75 Å². The molecular formula is C14H29ClO2S. The van der Waals surface area contributed by atoms with Crippen molar-refractivity contribution in [2.24, 2.45) is 0 Å². The molecule has 0 atom stereocenters. The second-order valence-corrected chi connectivity index (χ2v) is 8.03. The van der Waals surface area contributed by atoms with Gasteiger partial charge in [0, 0.05) is 10.7 Å². The van der Waals surface area contributed by atoms with Gasteiger partial charge in [0.25, 0.3) is 0 Å². The summed E-state index contributed by atoms with van der Waals surface area (Å²) in [6, 6.07) is 0. The zero-order chi connectivity index (χ0) is 13.7. The van der Waals surface area contributed by atoms with Crippen molar-refractivity contribution in [1.82, 2.24) is 0 Å². The van der Waals surface area contributed by atoms with Gasteiger partial charge in [-0.1, -0.05) is 77.6 Å². The number of hydrogen-bond acceptors (Lipinski definition) is 2. The smallest absolute Gasteiger partial charge is 0.212 e. The summed E-state index contributed by atoms with van der Waals surface area (Å²) in [5.74, 6) is 0.131. The summed E-state index contributed by atoms with van der Waals surface area (Å²) in [6.45, 7) is 2.25. The molecule has 0 radical (unpaired) electrons. The molecule has 0 aliphatic heterocycles. The van der Waals surface area contributed by atoms with Crippen LogP contribution in [0, 0.1) is 0 Å². The van der Waals surface area contributed by atoms with E-state index in [4.69, 9.17) is 10.7 Å². The molecule has 4 heteroatoms. The van der Waals surface area contributed by atoms with Gasteiger partial charge in [-0.25, -0.2) is 8.42 Å². The topological polar surface area (TPSA) is 34.1 Å². The fraction of sp³-hybridized carbons (Fsp3) is 1.00. The Labute approximate surface area is 118 Å². The molecule has 0 aliphatic carbocycles. The van der Waals surface area contributed by atoms with Crippen LogP contribution >= 0.6 is 10.7 Å². The average molecular weight is 297 g/mol. The van der Waals surface area contributed by atoms with Crippen LogP contribution in [0.4, 0.5) is 0 Å². The van der Waals surface area contributed by atoms with Gasteiger partial charge in [0.2, 0.25) is 9.05 Å². The first-order valence-corrected chi connectivity index (χ1v) is 9.96. The van der Waals surface area contributed by atoms with E-state index in [1.807, 2.05) is 0 Å². The van der Waals surface area contributed by atoms with E-state index >= 15 is 0 Å². The summed E-state index contributed by atoms with van der Waals surface area (Å²) >= 11 is 0. The van der Waals surface area contributed by atoms with E-state index in [-0.39, 0.29) is 5.75 Å². The predicted molar refractivity (Wildman–Crippen MR) is 80.7 cm³/mol. The fourth-order valence-electron chi connectivity index (χ4n) is 2.12. The van der Waals surface area contributed by atoms with Gasteiger partial charge < -0.3 is 0 Å². The molecule has 0 spiro atoms. The first-order valence-electron chi connectivity index (χ1n) is 7.48. The van der Waals surface area contributed by atoms with Crippen LogP contribution in [0.3, 0.4) is 0 Å². The van der Waals surface area contributed by atoms with Crippen molar-refractivity contribution in [2.45, 2.75) is 84.0 Å². The van der Waals surface area contributed by atoms with Gasteiger partial charge in [-0.3, -0.25) is 0 Å². The lowest BCUT2D eigenvalue weighted by molar-refractivity contribution is 0.546. The monoisotopic (exact) mass is 296 g/mol. The van der Waals surface area contributed by atoms with E-state index in [9.17, 15) is 8.42 Å². The quantitative estimate of drug-likeness (QED) is 0.343. The van der Waals surface area contributed by atoms with E-state index in [0.717, 1.165) is 12.8 Å². The van der Waals surface area contributed by atoms with Gasteiger partial charge in [-0.2, -0.15) is 0 Å². The second kappa shape index (κ2) is 12.3. The lowest BCUT2D eigenvalue weighted by atomic mass is 10.1. The van der Waals surface area contributed by atoms with Crippen molar-refractivity contribution >= 4 is 19.7 Å². The fourth-order valence-corrected chi connectivity index (χ4v) is 2.99. The lowest BCUT2D eigenvalue weighted by Crippen LogP contribution is -1.96. The maximum atomic E-state index is 10.7. The molecule has 110 valence electrons. The van der Waals surface area contributed by atoms with Crippen molar-refractivity contribution in [1.29, 1.82) is 0 Å². The molecule has 0 rings (SSSR count). The molecule has 0 aromatic rings. The van der Waals surface area contributed by atoms with Crippen molar-refractivity contribution < 1.29 is 8.42 Å². The highest BCUT2D eigenvalue weighted by atomic mass is 35.7. The molecule has 0 unspecified atom stereocenters. The van der Waals surface area contributed by atoms with Crippen LogP contribution in [0.1, 0.15) is 84.0 Å². The Morgan fingerprint density at radius 3 is 1.33 bits per heavy atom. The Balaban J connectivity index is 3.03. The van der Waals surface area contributed by atoms with Gasteiger partial charge in [0.1, 0.15) is 0 Å².